The van der Waals surface area contributed by atoms with Crippen molar-refractivity contribution >= 4 is 39.8 Å². The normalized spacial score (nSPS) is 16.5. The largest absolute Gasteiger partial charge is 0.383 e. The van der Waals surface area contributed by atoms with Crippen molar-refractivity contribution in [2.75, 3.05) is 16.4 Å². The van der Waals surface area contributed by atoms with Crippen LogP contribution in [0.4, 0.5) is 17.2 Å². The number of fused-ring (bicyclic) bond motifs is 10. The van der Waals surface area contributed by atoms with E-state index in [2.05, 4.69) is 20.9 Å². The highest BCUT2D eigenvalue weighted by atomic mass is 16.2. The number of hydrogen-bond acceptors (Lipinski definition) is 5. The van der Waals surface area contributed by atoms with E-state index in [1.54, 1.807) is 6.20 Å². The molecule has 2 amide bonds. The van der Waals surface area contributed by atoms with E-state index < -0.39 is 6.04 Å². The van der Waals surface area contributed by atoms with Crippen LogP contribution < -0.4 is 21.7 Å². The lowest BCUT2D eigenvalue weighted by Gasteiger charge is -2.21. The minimum atomic E-state index is -0.587. The van der Waals surface area contributed by atoms with Gasteiger partial charge in [0.25, 0.3) is 0 Å². The highest BCUT2D eigenvalue weighted by molar-refractivity contribution is 5.94. The standard InChI is InChI=1S/C28H27N5O2/c29-27-24-12-11-23(16-21(24)13-14-30-27)33-26-20-9-7-18(8-10-20)3-2-6-25(34)32-22-5-1-4-19(15-22)17-31-28(26)35/h1,4-5,7-16,26,33H,2-3,6,17H2,(H2,29,30)(H,31,35)(H,32,34)/t26-/m0/s1. The number of nitrogen functional groups attached to an aromatic ring is 1. The number of hydrogen-bond donors (Lipinski definition) is 4. The Morgan fingerprint density at radius 3 is 2.63 bits per heavy atom. The summed E-state index contributed by atoms with van der Waals surface area (Å²) in [5, 5.41) is 11.2. The third-order valence-corrected chi connectivity index (χ3v) is 6.23. The Labute approximate surface area is 203 Å². The van der Waals surface area contributed by atoms with Crippen molar-refractivity contribution in [2.45, 2.75) is 31.8 Å². The Morgan fingerprint density at radius 1 is 0.914 bits per heavy atom. The van der Waals surface area contributed by atoms with E-state index in [1.165, 1.54) is 0 Å². The number of aromatic nitrogens is 1. The molecular weight excluding hydrogens is 438 g/mol. The van der Waals surface area contributed by atoms with Gasteiger partial charge < -0.3 is 21.7 Å². The second-order valence-electron chi connectivity index (χ2n) is 8.77. The second-order valence-corrected chi connectivity index (χ2v) is 8.77. The summed E-state index contributed by atoms with van der Waals surface area (Å²) in [6.07, 6.45) is 3.67. The number of benzene rings is 3. The van der Waals surface area contributed by atoms with E-state index >= 15 is 0 Å². The molecule has 5 N–H and O–H groups in total. The van der Waals surface area contributed by atoms with Crippen LogP contribution in [0.1, 0.15) is 35.6 Å². The summed E-state index contributed by atoms with van der Waals surface area (Å²) in [5.74, 6) is 0.325. The molecule has 1 atom stereocenters. The lowest BCUT2D eigenvalue weighted by molar-refractivity contribution is -0.122. The number of pyridine rings is 1. The molecule has 4 aromatic rings. The number of carbonyl (C=O) groups is 2. The van der Waals surface area contributed by atoms with Gasteiger partial charge in [-0.15, -0.1) is 0 Å². The zero-order valence-corrected chi connectivity index (χ0v) is 19.3. The van der Waals surface area contributed by atoms with Gasteiger partial charge in [0.05, 0.1) is 0 Å². The Hall–Kier alpha value is -4.39. The fourth-order valence-corrected chi connectivity index (χ4v) is 4.36. The summed E-state index contributed by atoms with van der Waals surface area (Å²) >= 11 is 0. The molecule has 7 heteroatoms. The highest BCUT2D eigenvalue weighted by Gasteiger charge is 2.21. The number of rotatable bonds is 2. The summed E-state index contributed by atoms with van der Waals surface area (Å²) in [4.78, 5) is 29.8. The summed E-state index contributed by atoms with van der Waals surface area (Å²) in [5.41, 5.74) is 10.4. The molecule has 0 radical (unpaired) electrons. The summed E-state index contributed by atoms with van der Waals surface area (Å²) in [6.45, 7) is 0.346. The van der Waals surface area contributed by atoms with Crippen molar-refractivity contribution in [2.24, 2.45) is 0 Å². The lowest BCUT2D eigenvalue weighted by Crippen LogP contribution is -2.33. The highest BCUT2D eigenvalue weighted by Crippen LogP contribution is 2.26. The van der Waals surface area contributed by atoms with Crippen molar-refractivity contribution in [1.82, 2.24) is 10.3 Å². The zero-order valence-electron chi connectivity index (χ0n) is 19.3. The van der Waals surface area contributed by atoms with Crippen molar-refractivity contribution in [3.8, 4) is 0 Å². The summed E-state index contributed by atoms with van der Waals surface area (Å²) < 4.78 is 0. The Bertz CT molecular complexity index is 1380. The van der Waals surface area contributed by atoms with Crippen molar-refractivity contribution in [1.29, 1.82) is 0 Å². The van der Waals surface area contributed by atoms with Crippen LogP contribution in [-0.2, 0) is 22.6 Å². The summed E-state index contributed by atoms with van der Waals surface area (Å²) in [6, 6.07) is 22.7. The number of aryl methyl sites for hydroxylation is 1. The first-order valence-electron chi connectivity index (χ1n) is 11.7. The molecule has 3 aromatic carbocycles. The van der Waals surface area contributed by atoms with E-state index in [4.69, 9.17) is 5.73 Å². The number of nitrogens with one attached hydrogen (secondary N) is 3. The van der Waals surface area contributed by atoms with Gasteiger partial charge in [0, 0.05) is 35.9 Å². The van der Waals surface area contributed by atoms with Crippen molar-refractivity contribution in [3.63, 3.8) is 0 Å². The third-order valence-electron chi connectivity index (χ3n) is 6.23. The number of amides is 2. The predicted octanol–water partition coefficient (Wildman–Crippen LogP) is 4.56. The molecule has 3 heterocycles. The molecule has 0 saturated heterocycles. The lowest BCUT2D eigenvalue weighted by atomic mass is 10.0. The molecule has 6 rings (SSSR count). The van der Waals surface area contributed by atoms with Crippen LogP contribution in [0.3, 0.4) is 0 Å². The summed E-state index contributed by atoms with van der Waals surface area (Å²) in [7, 11) is 0. The van der Waals surface area contributed by atoms with E-state index in [1.807, 2.05) is 72.8 Å². The van der Waals surface area contributed by atoms with Gasteiger partial charge in [0.1, 0.15) is 11.9 Å². The fraction of sp³-hybridized carbons (Fsp3) is 0.179. The molecular formula is C28H27N5O2. The maximum atomic E-state index is 13.4. The zero-order chi connectivity index (χ0) is 24.2. The number of anilines is 3. The van der Waals surface area contributed by atoms with Crippen LogP contribution in [-0.4, -0.2) is 16.8 Å². The Balaban J connectivity index is 1.46. The first kappa shape index (κ1) is 22.4. The molecule has 0 fully saturated rings. The van der Waals surface area contributed by atoms with E-state index in [-0.39, 0.29) is 11.8 Å². The second kappa shape index (κ2) is 9.85. The monoisotopic (exact) mass is 465 g/mol. The molecule has 2 aliphatic rings. The van der Waals surface area contributed by atoms with Crippen LogP contribution in [0.5, 0.6) is 0 Å². The van der Waals surface area contributed by atoms with E-state index in [0.29, 0.717) is 18.8 Å². The van der Waals surface area contributed by atoms with Crippen LogP contribution in [0, 0.1) is 0 Å². The Morgan fingerprint density at radius 2 is 1.77 bits per heavy atom. The molecule has 1 aromatic heterocycles. The molecule has 7 nitrogen and oxygen atoms in total. The molecule has 176 valence electrons. The molecule has 2 aliphatic heterocycles. The fourth-order valence-electron chi connectivity index (χ4n) is 4.36. The first-order chi connectivity index (χ1) is 17.0. The van der Waals surface area contributed by atoms with Gasteiger partial charge in [0.2, 0.25) is 11.8 Å². The van der Waals surface area contributed by atoms with Gasteiger partial charge in [0.15, 0.2) is 0 Å². The van der Waals surface area contributed by atoms with Gasteiger partial charge in [-0.05, 0) is 71.3 Å². The first-order valence-corrected chi connectivity index (χ1v) is 11.7. The average Bonchev–Trinajstić information content (AvgIpc) is 2.86. The topological polar surface area (TPSA) is 109 Å². The van der Waals surface area contributed by atoms with Crippen molar-refractivity contribution < 1.29 is 9.59 Å². The van der Waals surface area contributed by atoms with Gasteiger partial charge in [-0.1, -0.05) is 36.4 Å². The van der Waals surface area contributed by atoms with Gasteiger partial charge in [-0.3, -0.25) is 9.59 Å². The minimum absolute atomic E-state index is 0.00733. The SMILES string of the molecule is Nc1nccc2cc(N[C@@H]3C(=O)NCc4cccc(c4)NC(=O)CCCc4ccc3cc4)ccc12. The molecule has 35 heavy (non-hydrogen) atoms. The number of carbonyl (C=O) groups excluding carboxylic acids is 2. The predicted molar refractivity (Wildman–Crippen MR) is 139 cm³/mol. The van der Waals surface area contributed by atoms with Crippen molar-refractivity contribution in [3.05, 3.63) is 95.7 Å². The maximum absolute atomic E-state index is 13.4. The molecule has 0 saturated carbocycles. The average molecular weight is 466 g/mol. The minimum Gasteiger partial charge on any atom is -0.383 e. The Kier molecular flexibility index (Phi) is 6.30. The van der Waals surface area contributed by atoms with Crippen LogP contribution in [0.25, 0.3) is 10.8 Å². The smallest absolute Gasteiger partial charge is 0.247 e. The molecule has 0 unspecified atom stereocenters. The molecule has 4 bridgehead atoms. The quantitative estimate of drug-likeness (QED) is 0.347. The number of nitrogens with zero attached hydrogens (tertiary/aromatic N) is 1. The van der Waals surface area contributed by atoms with E-state index in [9.17, 15) is 9.59 Å². The molecule has 0 spiro atoms. The molecule has 0 aliphatic carbocycles. The third kappa shape index (κ3) is 5.24. The van der Waals surface area contributed by atoms with Gasteiger partial charge in [-0.2, -0.15) is 0 Å². The van der Waals surface area contributed by atoms with Crippen LogP contribution in [0.15, 0.2) is 79.0 Å². The van der Waals surface area contributed by atoms with Gasteiger partial charge in [-0.25, -0.2) is 4.98 Å². The van der Waals surface area contributed by atoms with Gasteiger partial charge >= 0.3 is 0 Å². The maximum Gasteiger partial charge on any atom is 0.247 e. The number of nitrogens with two attached hydrogens (primary N) is 1. The van der Waals surface area contributed by atoms with Crippen LogP contribution in [0.2, 0.25) is 0 Å². The van der Waals surface area contributed by atoms with E-state index in [0.717, 1.165) is 51.7 Å². The van der Waals surface area contributed by atoms with Crippen LogP contribution >= 0.6 is 0 Å².